The molecule has 0 aliphatic rings. The van der Waals surface area contributed by atoms with Gasteiger partial charge in [0.2, 0.25) is 0 Å². The first kappa shape index (κ1) is 14.3. The number of hydrogen-bond donors (Lipinski definition) is 2. The summed E-state index contributed by atoms with van der Waals surface area (Å²) in [6.45, 7) is 3.71. The number of aromatic carboxylic acids is 1. The van der Waals surface area contributed by atoms with Crippen molar-refractivity contribution in [3.05, 3.63) is 23.4 Å². The molecule has 0 saturated carbocycles. The van der Waals surface area contributed by atoms with Crippen LogP contribution in [0.5, 0.6) is 0 Å². The number of aromatic nitrogens is 1. The Kier molecular flexibility index (Phi) is 4.15. The first-order valence-corrected chi connectivity index (χ1v) is 5.33. The topological polar surface area (TPSA) is 62.2 Å². The fraction of sp³-hybridized carbons (Fsp3) is 0.455. The standard InChI is InChI=1S/C11H13F3N2O2/c1-3-6(2)15-8-5-4-7(11(12,13)14)9(16-8)10(17)18/h4-6H,3H2,1-2H3,(H,15,16)(H,17,18). The van der Waals surface area contributed by atoms with Crippen LogP contribution in [0, 0.1) is 0 Å². The maximum absolute atomic E-state index is 12.5. The molecule has 2 N–H and O–H groups in total. The Bertz CT molecular complexity index is 446. The molecular formula is C11H13F3N2O2. The minimum Gasteiger partial charge on any atom is -0.476 e. The van der Waals surface area contributed by atoms with Gasteiger partial charge in [-0.05, 0) is 25.5 Å². The van der Waals surface area contributed by atoms with Crippen LogP contribution in [0.2, 0.25) is 0 Å². The minimum atomic E-state index is -4.73. The van der Waals surface area contributed by atoms with E-state index in [1.54, 1.807) is 0 Å². The van der Waals surface area contributed by atoms with Crippen molar-refractivity contribution >= 4 is 11.8 Å². The highest BCUT2D eigenvalue weighted by atomic mass is 19.4. The molecule has 1 aromatic rings. The molecule has 0 amide bonds. The van der Waals surface area contributed by atoms with E-state index in [0.29, 0.717) is 0 Å². The molecule has 0 aliphatic heterocycles. The van der Waals surface area contributed by atoms with Gasteiger partial charge >= 0.3 is 12.1 Å². The molecule has 0 bridgehead atoms. The Morgan fingerprint density at radius 3 is 2.56 bits per heavy atom. The Morgan fingerprint density at radius 1 is 1.50 bits per heavy atom. The Labute approximate surface area is 102 Å². The Balaban J connectivity index is 3.16. The van der Waals surface area contributed by atoms with E-state index < -0.39 is 23.4 Å². The monoisotopic (exact) mass is 262 g/mol. The minimum absolute atomic E-state index is 0.00381. The van der Waals surface area contributed by atoms with Crippen LogP contribution in [-0.4, -0.2) is 22.1 Å². The lowest BCUT2D eigenvalue weighted by Crippen LogP contribution is -2.19. The molecule has 4 nitrogen and oxygen atoms in total. The second-order valence-electron chi connectivity index (χ2n) is 3.85. The van der Waals surface area contributed by atoms with E-state index in [2.05, 4.69) is 10.3 Å². The average Bonchev–Trinajstić information content (AvgIpc) is 2.27. The van der Waals surface area contributed by atoms with Crippen LogP contribution in [0.4, 0.5) is 19.0 Å². The van der Waals surface area contributed by atoms with Gasteiger partial charge in [-0.2, -0.15) is 13.2 Å². The van der Waals surface area contributed by atoms with E-state index in [0.717, 1.165) is 18.6 Å². The van der Waals surface area contributed by atoms with E-state index in [1.807, 2.05) is 13.8 Å². The Hall–Kier alpha value is -1.79. The SMILES string of the molecule is CCC(C)Nc1ccc(C(F)(F)F)c(C(=O)O)n1. The van der Waals surface area contributed by atoms with Gasteiger partial charge in [0.05, 0.1) is 5.56 Å². The molecule has 1 aromatic heterocycles. The van der Waals surface area contributed by atoms with Gasteiger partial charge in [-0.3, -0.25) is 0 Å². The predicted octanol–water partition coefficient (Wildman–Crippen LogP) is 3.01. The number of carboxylic acids is 1. The van der Waals surface area contributed by atoms with Gasteiger partial charge in [0.15, 0.2) is 5.69 Å². The fourth-order valence-corrected chi connectivity index (χ4v) is 1.29. The largest absolute Gasteiger partial charge is 0.476 e. The molecule has 0 fully saturated rings. The molecule has 1 unspecified atom stereocenters. The fourth-order valence-electron chi connectivity index (χ4n) is 1.29. The molecular weight excluding hydrogens is 249 g/mol. The van der Waals surface area contributed by atoms with Gasteiger partial charge in [0.25, 0.3) is 0 Å². The summed E-state index contributed by atoms with van der Waals surface area (Å²) in [5, 5.41) is 11.6. The van der Waals surface area contributed by atoms with Crippen molar-refractivity contribution in [2.45, 2.75) is 32.5 Å². The van der Waals surface area contributed by atoms with Crippen LogP contribution in [0.15, 0.2) is 12.1 Å². The first-order valence-electron chi connectivity index (χ1n) is 5.33. The molecule has 1 atom stereocenters. The predicted molar refractivity (Wildman–Crippen MR) is 59.6 cm³/mol. The van der Waals surface area contributed by atoms with Gasteiger partial charge < -0.3 is 10.4 Å². The van der Waals surface area contributed by atoms with Gasteiger partial charge in [0.1, 0.15) is 5.82 Å². The highest BCUT2D eigenvalue weighted by molar-refractivity contribution is 5.87. The van der Waals surface area contributed by atoms with Crippen LogP contribution in [0.1, 0.15) is 36.3 Å². The lowest BCUT2D eigenvalue weighted by atomic mass is 10.1. The smallest absolute Gasteiger partial charge is 0.418 e. The van der Waals surface area contributed by atoms with Crippen molar-refractivity contribution in [1.82, 2.24) is 4.98 Å². The number of pyridine rings is 1. The quantitative estimate of drug-likeness (QED) is 0.875. The molecule has 18 heavy (non-hydrogen) atoms. The average molecular weight is 262 g/mol. The van der Waals surface area contributed by atoms with E-state index in [-0.39, 0.29) is 11.9 Å². The van der Waals surface area contributed by atoms with Crippen molar-refractivity contribution in [3.8, 4) is 0 Å². The van der Waals surface area contributed by atoms with E-state index in [4.69, 9.17) is 5.11 Å². The van der Waals surface area contributed by atoms with Crippen molar-refractivity contribution in [1.29, 1.82) is 0 Å². The summed E-state index contributed by atoms with van der Waals surface area (Å²) in [6.07, 6.45) is -3.99. The van der Waals surface area contributed by atoms with E-state index in [1.165, 1.54) is 0 Å². The maximum Gasteiger partial charge on any atom is 0.418 e. The molecule has 1 heterocycles. The van der Waals surface area contributed by atoms with E-state index in [9.17, 15) is 18.0 Å². The number of rotatable bonds is 4. The Morgan fingerprint density at radius 2 is 2.11 bits per heavy atom. The second-order valence-corrected chi connectivity index (χ2v) is 3.85. The number of carbonyl (C=O) groups is 1. The number of halogens is 3. The summed E-state index contributed by atoms with van der Waals surface area (Å²) in [5.74, 6) is -1.58. The second kappa shape index (κ2) is 5.24. The zero-order chi connectivity index (χ0) is 13.9. The third kappa shape index (κ3) is 3.35. The van der Waals surface area contributed by atoms with E-state index >= 15 is 0 Å². The normalized spacial score (nSPS) is 13.2. The molecule has 0 spiro atoms. The van der Waals surface area contributed by atoms with Gasteiger partial charge in [-0.1, -0.05) is 6.92 Å². The summed E-state index contributed by atoms with van der Waals surface area (Å²) in [7, 11) is 0. The number of nitrogens with one attached hydrogen (secondary N) is 1. The number of alkyl halides is 3. The van der Waals surface area contributed by atoms with Crippen LogP contribution in [0.25, 0.3) is 0 Å². The summed E-state index contributed by atoms with van der Waals surface area (Å²) in [6, 6.07) is 1.85. The molecule has 0 aliphatic carbocycles. The third-order valence-corrected chi connectivity index (χ3v) is 2.41. The van der Waals surface area contributed by atoms with Gasteiger partial charge in [-0.15, -0.1) is 0 Å². The molecule has 7 heteroatoms. The number of nitrogens with zero attached hydrogens (tertiary/aromatic N) is 1. The maximum atomic E-state index is 12.5. The summed E-state index contributed by atoms with van der Waals surface area (Å²) in [4.78, 5) is 14.3. The van der Waals surface area contributed by atoms with Crippen LogP contribution >= 0.6 is 0 Å². The zero-order valence-electron chi connectivity index (χ0n) is 9.88. The summed E-state index contributed by atoms with van der Waals surface area (Å²) in [5.41, 5.74) is -2.24. The molecule has 0 aromatic carbocycles. The van der Waals surface area contributed by atoms with Crippen LogP contribution in [-0.2, 0) is 6.18 Å². The lowest BCUT2D eigenvalue weighted by molar-refractivity contribution is -0.138. The van der Waals surface area contributed by atoms with Crippen molar-refractivity contribution in [2.75, 3.05) is 5.32 Å². The van der Waals surface area contributed by atoms with Crippen molar-refractivity contribution < 1.29 is 23.1 Å². The lowest BCUT2D eigenvalue weighted by Gasteiger charge is -2.14. The zero-order valence-corrected chi connectivity index (χ0v) is 9.88. The summed E-state index contributed by atoms with van der Waals surface area (Å²) < 4.78 is 37.6. The van der Waals surface area contributed by atoms with Gasteiger partial charge in [-0.25, -0.2) is 9.78 Å². The molecule has 1 rings (SSSR count). The molecule has 0 saturated heterocycles. The van der Waals surface area contributed by atoms with Crippen molar-refractivity contribution in [2.24, 2.45) is 0 Å². The highest BCUT2D eigenvalue weighted by Gasteiger charge is 2.36. The third-order valence-electron chi connectivity index (χ3n) is 2.41. The van der Waals surface area contributed by atoms with Gasteiger partial charge in [0, 0.05) is 6.04 Å². The van der Waals surface area contributed by atoms with Crippen molar-refractivity contribution in [3.63, 3.8) is 0 Å². The first-order chi connectivity index (χ1) is 8.25. The number of carboxylic acid groups (broad SMARTS) is 1. The molecule has 100 valence electrons. The molecule has 0 radical (unpaired) electrons. The van der Waals surface area contributed by atoms with Crippen LogP contribution in [0.3, 0.4) is 0 Å². The number of hydrogen-bond acceptors (Lipinski definition) is 3. The van der Waals surface area contributed by atoms with Crippen LogP contribution < -0.4 is 5.32 Å². The summed E-state index contributed by atoms with van der Waals surface area (Å²) >= 11 is 0. The highest BCUT2D eigenvalue weighted by Crippen LogP contribution is 2.32. The number of anilines is 1.